The first kappa shape index (κ1) is 31.1. The summed E-state index contributed by atoms with van der Waals surface area (Å²) in [4.78, 5) is 39.3. The Balaban J connectivity index is 1.55. The van der Waals surface area contributed by atoms with Gasteiger partial charge in [-0.05, 0) is 72.8 Å². The minimum absolute atomic E-state index is 0.0260. The number of anilines is 1. The van der Waals surface area contributed by atoms with Crippen LogP contribution in [0.2, 0.25) is 0 Å². The lowest BCUT2D eigenvalue weighted by molar-refractivity contribution is -0.113. The number of ether oxygens (including phenoxy) is 4. The third-order valence-electron chi connectivity index (χ3n) is 6.54. The minimum atomic E-state index is -0.579. The smallest absolute Gasteiger partial charge is 0.272 e. The summed E-state index contributed by atoms with van der Waals surface area (Å²) in [5.74, 6) is 0.804. The molecule has 4 rings (SSSR count). The molecule has 2 N–H and O–H groups in total. The van der Waals surface area contributed by atoms with Crippen LogP contribution in [0.25, 0.3) is 12.2 Å². The number of hydrogen-bond donors (Lipinski definition) is 2. The van der Waals surface area contributed by atoms with Crippen molar-refractivity contribution in [2.24, 2.45) is 0 Å². The normalized spacial score (nSPS) is 11.0. The molecule has 0 aromatic heterocycles. The maximum absolute atomic E-state index is 13.5. The van der Waals surface area contributed by atoms with E-state index < -0.39 is 11.8 Å². The summed E-state index contributed by atoms with van der Waals surface area (Å²) in [5, 5.41) is 5.48. The Labute approximate surface area is 255 Å². The average Bonchev–Trinajstić information content (AvgIpc) is 3.07. The zero-order chi connectivity index (χ0) is 31.5. The summed E-state index contributed by atoms with van der Waals surface area (Å²) in [6.45, 7) is 0. The first-order chi connectivity index (χ1) is 21.4. The molecule has 0 fully saturated rings. The van der Waals surface area contributed by atoms with Gasteiger partial charge in [-0.1, -0.05) is 30.3 Å². The average molecular weight is 593 g/mol. The molecule has 4 aromatic carbocycles. The second kappa shape index (κ2) is 14.9. The second-order valence-electron chi connectivity index (χ2n) is 9.30. The van der Waals surface area contributed by atoms with Gasteiger partial charge in [0.2, 0.25) is 0 Å². The maximum atomic E-state index is 13.5. The number of rotatable bonds is 12. The lowest BCUT2D eigenvalue weighted by Crippen LogP contribution is -2.30. The molecule has 0 atom stereocenters. The van der Waals surface area contributed by atoms with Crippen LogP contribution in [0.15, 0.2) is 103 Å². The number of ketones is 1. The van der Waals surface area contributed by atoms with Crippen molar-refractivity contribution in [1.29, 1.82) is 0 Å². The van der Waals surface area contributed by atoms with E-state index in [0.29, 0.717) is 45.4 Å². The van der Waals surface area contributed by atoms with Crippen LogP contribution in [-0.4, -0.2) is 46.0 Å². The van der Waals surface area contributed by atoms with Crippen LogP contribution in [0.3, 0.4) is 0 Å². The van der Waals surface area contributed by atoms with Crippen molar-refractivity contribution in [3.63, 3.8) is 0 Å². The Bertz CT molecular complexity index is 1690. The van der Waals surface area contributed by atoms with Crippen molar-refractivity contribution in [2.75, 3.05) is 33.8 Å². The summed E-state index contributed by atoms with van der Waals surface area (Å²) >= 11 is 0. The van der Waals surface area contributed by atoms with Crippen molar-refractivity contribution >= 4 is 35.4 Å². The third kappa shape index (κ3) is 7.71. The van der Waals surface area contributed by atoms with Gasteiger partial charge in [-0.3, -0.25) is 14.4 Å². The van der Waals surface area contributed by atoms with Crippen molar-refractivity contribution in [1.82, 2.24) is 5.32 Å². The Morgan fingerprint density at radius 3 is 2.05 bits per heavy atom. The van der Waals surface area contributed by atoms with Gasteiger partial charge in [0, 0.05) is 34.0 Å². The second-order valence-corrected chi connectivity index (χ2v) is 9.30. The van der Waals surface area contributed by atoms with Gasteiger partial charge in [0.1, 0.15) is 17.2 Å². The molecule has 0 saturated heterocycles. The monoisotopic (exact) mass is 592 g/mol. The van der Waals surface area contributed by atoms with Crippen molar-refractivity contribution in [3.8, 4) is 23.0 Å². The molecule has 2 amide bonds. The minimum Gasteiger partial charge on any atom is -0.497 e. The Hall–Kier alpha value is -5.83. The molecule has 0 unspecified atom stereocenters. The van der Waals surface area contributed by atoms with E-state index in [0.717, 1.165) is 5.56 Å². The Kier molecular flexibility index (Phi) is 10.5. The molecule has 0 radical (unpaired) electrons. The third-order valence-corrected chi connectivity index (χ3v) is 6.54. The number of carbonyl (C=O) groups excluding carboxylic acids is 3. The van der Waals surface area contributed by atoms with E-state index >= 15 is 0 Å². The molecule has 0 saturated carbocycles. The molecule has 0 aliphatic heterocycles. The van der Waals surface area contributed by atoms with Crippen LogP contribution < -0.4 is 29.6 Å². The summed E-state index contributed by atoms with van der Waals surface area (Å²) in [6.07, 6.45) is 4.61. The van der Waals surface area contributed by atoms with Gasteiger partial charge in [0.25, 0.3) is 11.8 Å². The molecule has 0 aliphatic carbocycles. The highest BCUT2D eigenvalue weighted by Gasteiger charge is 2.17. The van der Waals surface area contributed by atoms with Gasteiger partial charge < -0.3 is 29.6 Å². The highest BCUT2D eigenvalue weighted by Crippen LogP contribution is 2.32. The molecular formula is C35H32N2O7. The van der Waals surface area contributed by atoms with Gasteiger partial charge in [-0.15, -0.1) is 0 Å². The number of benzene rings is 4. The predicted molar refractivity (Wildman–Crippen MR) is 169 cm³/mol. The molecule has 0 heterocycles. The fourth-order valence-electron chi connectivity index (χ4n) is 4.26. The molecule has 0 bridgehead atoms. The standard InChI is InChI=1S/C35H32N2O7/c1-41-28-19-15-24(32(22-28)43-3)16-20-30(38)23-13-17-27(18-14-23)36-35(40)29(37-34(39)25-9-6-5-7-10-25)21-26-11-8-12-31(42-2)33(26)44-4/h5-22H,1-4H3,(H,36,40)(H,37,39)/b20-16+,29-21-. The zero-order valence-corrected chi connectivity index (χ0v) is 24.8. The SMILES string of the molecule is COc1ccc(/C=C/C(=O)c2ccc(NC(=O)/C(=C/c3cccc(OC)c3OC)NC(=O)c3ccccc3)cc2)c(OC)c1. The highest BCUT2D eigenvalue weighted by atomic mass is 16.5. The zero-order valence-electron chi connectivity index (χ0n) is 24.8. The number of carbonyl (C=O) groups is 3. The molecule has 4 aromatic rings. The topological polar surface area (TPSA) is 112 Å². The Morgan fingerprint density at radius 2 is 1.39 bits per heavy atom. The first-order valence-electron chi connectivity index (χ1n) is 13.5. The lowest BCUT2D eigenvalue weighted by Gasteiger charge is -2.14. The van der Waals surface area contributed by atoms with Crippen LogP contribution >= 0.6 is 0 Å². The van der Waals surface area contributed by atoms with E-state index in [1.807, 2.05) is 0 Å². The summed E-state index contributed by atoms with van der Waals surface area (Å²) in [5.41, 5.74) is 2.43. The van der Waals surface area contributed by atoms with Crippen molar-refractivity contribution in [3.05, 3.63) is 125 Å². The molecule has 0 aliphatic rings. The van der Waals surface area contributed by atoms with E-state index in [2.05, 4.69) is 10.6 Å². The van der Waals surface area contributed by atoms with Crippen LogP contribution in [0.5, 0.6) is 23.0 Å². The molecule has 224 valence electrons. The first-order valence-corrected chi connectivity index (χ1v) is 13.5. The van der Waals surface area contributed by atoms with Crippen LogP contribution in [0, 0.1) is 0 Å². The summed E-state index contributed by atoms with van der Waals surface area (Å²) in [7, 11) is 6.11. The van der Waals surface area contributed by atoms with Crippen LogP contribution in [0.4, 0.5) is 5.69 Å². The maximum Gasteiger partial charge on any atom is 0.272 e. The van der Waals surface area contributed by atoms with Crippen LogP contribution in [0.1, 0.15) is 31.8 Å². The summed E-state index contributed by atoms with van der Waals surface area (Å²) < 4.78 is 21.5. The number of para-hydroxylation sites is 1. The molecule has 9 heteroatoms. The van der Waals surface area contributed by atoms with E-state index in [-0.39, 0.29) is 11.5 Å². The fraction of sp³-hybridized carbons (Fsp3) is 0.114. The fourth-order valence-corrected chi connectivity index (χ4v) is 4.26. The summed E-state index contributed by atoms with van der Waals surface area (Å²) in [6, 6.07) is 25.5. The number of allylic oxidation sites excluding steroid dienone is 1. The quantitative estimate of drug-likeness (QED) is 0.153. The predicted octanol–water partition coefficient (Wildman–Crippen LogP) is 6.03. The Morgan fingerprint density at radius 1 is 0.659 bits per heavy atom. The van der Waals surface area contributed by atoms with E-state index in [1.165, 1.54) is 26.4 Å². The molecule has 9 nitrogen and oxygen atoms in total. The number of nitrogens with one attached hydrogen (secondary N) is 2. The van der Waals surface area contributed by atoms with Crippen LogP contribution in [-0.2, 0) is 4.79 Å². The largest absolute Gasteiger partial charge is 0.497 e. The van der Waals surface area contributed by atoms with Crippen molar-refractivity contribution in [2.45, 2.75) is 0 Å². The van der Waals surface area contributed by atoms with Crippen molar-refractivity contribution < 1.29 is 33.3 Å². The lowest BCUT2D eigenvalue weighted by atomic mass is 10.1. The van der Waals surface area contributed by atoms with Gasteiger partial charge in [0.05, 0.1) is 28.4 Å². The molecular weight excluding hydrogens is 560 g/mol. The highest BCUT2D eigenvalue weighted by molar-refractivity contribution is 6.11. The van der Waals surface area contributed by atoms with E-state index in [4.69, 9.17) is 18.9 Å². The van der Waals surface area contributed by atoms with E-state index in [1.54, 1.807) is 111 Å². The van der Waals surface area contributed by atoms with Gasteiger partial charge in [-0.2, -0.15) is 0 Å². The van der Waals surface area contributed by atoms with Gasteiger partial charge >= 0.3 is 0 Å². The number of amides is 2. The van der Waals surface area contributed by atoms with Gasteiger partial charge in [0.15, 0.2) is 17.3 Å². The molecule has 0 spiro atoms. The van der Waals surface area contributed by atoms with Gasteiger partial charge in [-0.25, -0.2) is 0 Å². The number of hydrogen-bond acceptors (Lipinski definition) is 7. The number of methoxy groups -OCH3 is 4. The van der Waals surface area contributed by atoms with E-state index in [9.17, 15) is 14.4 Å². The molecule has 44 heavy (non-hydrogen) atoms.